The molecule has 0 radical (unpaired) electrons. The largest absolute Gasteiger partial charge is 0.481 e. The van der Waals surface area contributed by atoms with E-state index in [1.807, 2.05) is 30.4 Å². The fourth-order valence-electron chi connectivity index (χ4n) is 8.13. The van der Waals surface area contributed by atoms with Crippen LogP contribution >= 0.6 is 0 Å². The Kier molecular flexibility index (Phi) is 49.0. The molecule has 0 rings (SSSR count). The third-order valence-electron chi connectivity index (χ3n) is 12.5. The number of carbonyl (C=O) groups excluding carboxylic acids is 3. The van der Waals surface area contributed by atoms with Crippen LogP contribution in [-0.2, 0) is 38.2 Å². The van der Waals surface area contributed by atoms with Crippen LogP contribution in [0, 0.1) is 11.8 Å². The maximum Gasteiger partial charge on any atom is 0.307 e. The number of rotatable bonds is 51. The summed E-state index contributed by atoms with van der Waals surface area (Å²) in [5.74, 6) is -4.83. The zero-order valence-electron chi connectivity index (χ0n) is 45.2. The van der Waals surface area contributed by atoms with Crippen molar-refractivity contribution in [2.45, 2.75) is 258 Å². The molecular weight excluding hydrogens is 893 g/mol. The Balaban J connectivity index is 4.83. The summed E-state index contributed by atoms with van der Waals surface area (Å²) in [6.07, 6.45) is 58.0. The normalized spacial score (nSPS) is 13.3. The topological polar surface area (TPSA) is 154 Å². The number of ether oxygens (including phenoxy) is 3. The summed E-state index contributed by atoms with van der Waals surface area (Å²) < 4.78 is 16.8. The third kappa shape index (κ3) is 47.9. The van der Waals surface area contributed by atoms with E-state index >= 15 is 0 Å². The number of aliphatic carboxylic acids is 2. The molecule has 0 saturated heterocycles. The molecule has 0 aromatic carbocycles. The van der Waals surface area contributed by atoms with Gasteiger partial charge in [0.25, 0.3) is 0 Å². The summed E-state index contributed by atoms with van der Waals surface area (Å²) >= 11 is 0. The molecule has 0 fully saturated rings. The molecule has 0 aromatic rings. The van der Waals surface area contributed by atoms with Gasteiger partial charge in [0.05, 0.1) is 12.3 Å². The molecule has 0 saturated carbocycles. The Bertz CT molecular complexity index is 1490. The lowest BCUT2D eigenvalue weighted by molar-refractivity contribution is -0.167. The Morgan fingerprint density at radius 1 is 0.423 bits per heavy atom. The van der Waals surface area contributed by atoms with Crippen LogP contribution in [0.4, 0.5) is 0 Å². The predicted octanol–water partition coefficient (Wildman–Crippen LogP) is 16.8. The second-order valence-electron chi connectivity index (χ2n) is 19.2. The first kappa shape index (κ1) is 66.8. The molecule has 10 heteroatoms. The van der Waals surface area contributed by atoms with Crippen LogP contribution < -0.4 is 0 Å². The maximum atomic E-state index is 12.9. The van der Waals surface area contributed by atoms with Crippen molar-refractivity contribution < 1.29 is 48.4 Å². The van der Waals surface area contributed by atoms with Crippen molar-refractivity contribution in [2.24, 2.45) is 11.8 Å². The zero-order chi connectivity index (χ0) is 52.1. The summed E-state index contributed by atoms with van der Waals surface area (Å²) in [7, 11) is 0. The van der Waals surface area contributed by atoms with Crippen molar-refractivity contribution >= 4 is 29.8 Å². The molecule has 0 aromatic heterocycles. The van der Waals surface area contributed by atoms with Gasteiger partial charge in [0.15, 0.2) is 6.10 Å². The zero-order valence-corrected chi connectivity index (χ0v) is 45.2. The van der Waals surface area contributed by atoms with Crippen molar-refractivity contribution in [3.05, 3.63) is 72.9 Å². The smallest absolute Gasteiger partial charge is 0.307 e. The van der Waals surface area contributed by atoms with Crippen LogP contribution in [0.3, 0.4) is 0 Å². The van der Waals surface area contributed by atoms with Crippen LogP contribution in [-0.4, -0.2) is 59.4 Å². The third-order valence-corrected chi connectivity index (χ3v) is 12.5. The van der Waals surface area contributed by atoms with Crippen LogP contribution in [0.2, 0.25) is 0 Å². The molecule has 3 unspecified atom stereocenters. The number of carboxylic acids is 2. The molecule has 0 aliphatic rings. The van der Waals surface area contributed by atoms with Gasteiger partial charge in [0.1, 0.15) is 13.2 Å². The number of hydrogen-bond acceptors (Lipinski definition) is 8. The summed E-state index contributed by atoms with van der Waals surface area (Å²) in [6, 6.07) is 0. The van der Waals surface area contributed by atoms with Gasteiger partial charge in [-0.25, -0.2) is 0 Å². The minimum absolute atomic E-state index is 0.157. The highest BCUT2D eigenvalue weighted by Gasteiger charge is 2.28. The second-order valence-corrected chi connectivity index (χ2v) is 19.2. The molecule has 0 heterocycles. The predicted molar refractivity (Wildman–Crippen MR) is 292 cm³/mol. The van der Waals surface area contributed by atoms with Gasteiger partial charge in [-0.05, 0) is 115 Å². The fraction of sp³-hybridized carbons (Fsp3) is 0.721. The van der Waals surface area contributed by atoms with E-state index in [2.05, 4.69) is 63.3 Å². The number of hydrogen-bond donors (Lipinski definition) is 2. The molecule has 0 bridgehead atoms. The molecule has 0 amide bonds. The van der Waals surface area contributed by atoms with Crippen molar-refractivity contribution in [1.82, 2.24) is 0 Å². The van der Waals surface area contributed by atoms with E-state index in [4.69, 9.17) is 14.2 Å². The highest BCUT2D eigenvalue weighted by atomic mass is 16.6. The van der Waals surface area contributed by atoms with Crippen molar-refractivity contribution in [3.8, 4) is 0 Å². The average molecular weight is 995 g/mol. The number of carbonyl (C=O) groups is 5. The molecule has 406 valence electrons. The van der Waals surface area contributed by atoms with Gasteiger partial charge < -0.3 is 24.4 Å². The SMILES string of the molecule is CC/C=C\C/C=C\CC(/C=C/CCCCCCC(=O)OCC(COC(=O)CCCCCCC/C=C\CCCCCCCC)OC(=O)CCCCCCC/C=C\C/C=C\CCCCC)C(CC(=O)O)C(=O)O. The van der Waals surface area contributed by atoms with E-state index in [1.165, 1.54) is 70.6 Å². The number of unbranched alkanes of at least 4 members (excludes halogenated alkanes) is 23. The summed E-state index contributed by atoms with van der Waals surface area (Å²) in [6.45, 7) is 6.19. The van der Waals surface area contributed by atoms with Gasteiger partial charge in [0.2, 0.25) is 0 Å². The summed E-state index contributed by atoms with van der Waals surface area (Å²) in [4.78, 5) is 61.6. The molecule has 10 nitrogen and oxygen atoms in total. The standard InChI is InChI=1S/C61H102O10/c1-4-7-10-13-16-18-20-22-24-26-28-30-32-38-43-48-58(64)69-52-55(71-60(66)50-45-40-33-31-29-27-25-23-21-19-17-14-11-8-5-2)53-70-59(65)49-44-39-35-34-37-42-47-54(46-41-36-15-12-9-6-3)56(61(67)68)51-57(62)63/h9,12,17,19,22-25,36,41-42,47,54-56H,4-8,10-11,13-16,18,20-21,26-35,37-40,43-46,48-53H2,1-3H3,(H,62,63)(H,67,68)/b12-9-,19-17-,24-22-,25-23-,41-36-,47-42+. The fourth-order valence-corrected chi connectivity index (χ4v) is 8.13. The van der Waals surface area contributed by atoms with Gasteiger partial charge in [-0.1, -0.05) is 190 Å². The van der Waals surface area contributed by atoms with Crippen LogP contribution in [0.1, 0.15) is 252 Å². The first-order chi connectivity index (χ1) is 34.6. The Labute approximate surface area is 432 Å². The monoisotopic (exact) mass is 995 g/mol. The minimum atomic E-state index is -1.13. The summed E-state index contributed by atoms with van der Waals surface area (Å²) in [5, 5.41) is 19.1. The Hall–Kier alpha value is -4.21. The molecule has 2 N–H and O–H groups in total. The number of allylic oxidation sites excluding steroid dienone is 12. The lowest BCUT2D eigenvalue weighted by atomic mass is 9.86. The van der Waals surface area contributed by atoms with Crippen molar-refractivity contribution in [1.29, 1.82) is 0 Å². The van der Waals surface area contributed by atoms with Crippen LogP contribution in [0.5, 0.6) is 0 Å². The molecule has 0 spiro atoms. The average Bonchev–Trinajstić information content (AvgIpc) is 3.35. The number of esters is 3. The van der Waals surface area contributed by atoms with Gasteiger partial charge in [-0.3, -0.25) is 24.0 Å². The first-order valence-electron chi connectivity index (χ1n) is 28.5. The van der Waals surface area contributed by atoms with Crippen molar-refractivity contribution in [3.63, 3.8) is 0 Å². The van der Waals surface area contributed by atoms with E-state index in [9.17, 15) is 34.2 Å². The lowest BCUT2D eigenvalue weighted by Gasteiger charge is -2.18. The van der Waals surface area contributed by atoms with Gasteiger partial charge >= 0.3 is 29.8 Å². The Morgan fingerprint density at radius 3 is 1.27 bits per heavy atom. The maximum absolute atomic E-state index is 12.9. The number of carboxylic acid groups (broad SMARTS) is 2. The first-order valence-corrected chi connectivity index (χ1v) is 28.5. The van der Waals surface area contributed by atoms with Gasteiger partial charge in [-0.15, -0.1) is 0 Å². The van der Waals surface area contributed by atoms with E-state index in [1.54, 1.807) is 0 Å². The van der Waals surface area contributed by atoms with Crippen LogP contribution in [0.15, 0.2) is 72.9 Å². The van der Waals surface area contributed by atoms with E-state index in [-0.39, 0.29) is 38.0 Å². The highest BCUT2D eigenvalue weighted by molar-refractivity contribution is 5.78. The molecule has 71 heavy (non-hydrogen) atoms. The highest BCUT2D eigenvalue weighted by Crippen LogP contribution is 2.24. The molecule has 0 aliphatic carbocycles. The second kappa shape index (κ2) is 52.1. The Morgan fingerprint density at radius 2 is 0.803 bits per heavy atom. The van der Waals surface area contributed by atoms with Crippen molar-refractivity contribution in [2.75, 3.05) is 13.2 Å². The summed E-state index contributed by atoms with van der Waals surface area (Å²) in [5.41, 5.74) is 0. The van der Waals surface area contributed by atoms with Gasteiger partial charge in [-0.2, -0.15) is 0 Å². The van der Waals surface area contributed by atoms with E-state index in [0.717, 1.165) is 109 Å². The quantitative estimate of drug-likeness (QED) is 0.0261. The van der Waals surface area contributed by atoms with E-state index in [0.29, 0.717) is 32.1 Å². The van der Waals surface area contributed by atoms with E-state index < -0.39 is 42.3 Å². The van der Waals surface area contributed by atoms with Gasteiger partial charge in [0, 0.05) is 19.3 Å². The van der Waals surface area contributed by atoms with Crippen LogP contribution in [0.25, 0.3) is 0 Å². The lowest BCUT2D eigenvalue weighted by Crippen LogP contribution is -2.30. The molecule has 0 aliphatic heterocycles. The molecular formula is C61H102O10. The molecule has 3 atom stereocenters. The minimum Gasteiger partial charge on any atom is -0.481 e.